The van der Waals surface area contributed by atoms with E-state index < -0.39 is 17.7 Å². The summed E-state index contributed by atoms with van der Waals surface area (Å²) in [4.78, 5) is 23.2. The van der Waals surface area contributed by atoms with E-state index in [-0.39, 0.29) is 29.7 Å². The van der Waals surface area contributed by atoms with Crippen LogP contribution in [0.4, 0.5) is 13.2 Å². The molecule has 1 heterocycles. The predicted octanol–water partition coefficient (Wildman–Crippen LogP) is 8.45. The van der Waals surface area contributed by atoms with Crippen molar-refractivity contribution < 1.29 is 27.9 Å². The van der Waals surface area contributed by atoms with Gasteiger partial charge in [-0.3, -0.25) is 14.3 Å². The quantitative estimate of drug-likeness (QED) is 0.199. The zero-order chi connectivity index (χ0) is 28.3. The molecule has 0 saturated carbocycles. The van der Waals surface area contributed by atoms with Crippen LogP contribution in [0.1, 0.15) is 67.1 Å². The zero-order valence-electron chi connectivity index (χ0n) is 21.5. The van der Waals surface area contributed by atoms with Gasteiger partial charge in [-0.25, -0.2) is 0 Å². The van der Waals surface area contributed by atoms with E-state index in [1.54, 1.807) is 18.3 Å². The lowest BCUT2D eigenvalue weighted by Gasteiger charge is -2.21. The molecule has 0 amide bonds. The van der Waals surface area contributed by atoms with Crippen LogP contribution in [0.15, 0.2) is 66.9 Å². The van der Waals surface area contributed by atoms with Crippen molar-refractivity contribution in [2.24, 2.45) is 5.92 Å². The third kappa shape index (κ3) is 6.68. The highest BCUT2D eigenvalue weighted by molar-refractivity contribution is 6.33. The Morgan fingerprint density at radius 3 is 2.33 bits per heavy atom. The van der Waals surface area contributed by atoms with Crippen LogP contribution in [0, 0.1) is 5.92 Å². The average Bonchev–Trinajstić information content (AvgIpc) is 3.29. The highest BCUT2D eigenvalue weighted by atomic mass is 35.5. The van der Waals surface area contributed by atoms with Gasteiger partial charge in [0.05, 0.1) is 23.3 Å². The summed E-state index contributed by atoms with van der Waals surface area (Å²) in [5.41, 5.74) is 2.77. The van der Waals surface area contributed by atoms with Crippen LogP contribution in [0.2, 0.25) is 5.02 Å². The normalized spacial score (nSPS) is 12.7. The van der Waals surface area contributed by atoms with Gasteiger partial charge >= 0.3 is 12.1 Å². The zero-order valence-corrected chi connectivity index (χ0v) is 22.3. The number of rotatable bonds is 10. The Bertz CT molecular complexity index is 1490. The van der Waals surface area contributed by atoms with E-state index in [9.17, 15) is 22.8 Å². The Labute approximate surface area is 229 Å². The minimum Gasteiger partial charge on any atom is -0.481 e. The maximum Gasteiger partial charge on any atom is 0.416 e. The van der Waals surface area contributed by atoms with Crippen molar-refractivity contribution >= 4 is 34.3 Å². The molecule has 0 aliphatic carbocycles. The van der Waals surface area contributed by atoms with Crippen LogP contribution in [-0.4, -0.2) is 26.6 Å². The molecule has 0 fully saturated rings. The summed E-state index contributed by atoms with van der Waals surface area (Å²) in [6, 6.07) is 16.1. The fraction of sp³-hybridized carbons (Fsp3) is 0.300. The molecule has 0 saturated heterocycles. The third-order valence-corrected chi connectivity index (χ3v) is 6.92. The van der Waals surface area contributed by atoms with Crippen LogP contribution < -0.4 is 0 Å². The summed E-state index contributed by atoms with van der Waals surface area (Å²) < 4.78 is 41.1. The van der Waals surface area contributed by atoms with E-state index in [2.05, 4.69) is 18.9 Å². The van der Waals surface area contributed by atoms with Crippen molar-refractivity contribution in [3.63, 3.8) is 0 Å². The summed E-state index contributed by atoms with van der Waals surface area (Å²) in [5, 5.41) is 14.3. The Kier molecular flexibility index (Phi) is 8.45. The second kappa shape index (κ2) is 11.6. The number of aliphatic carboxylic acids is 1. The monoisotopic (exact) mass is 556 g/mol. The van der Waals surface area contributed by atoms with E-state index in [1.807, 2.05) is 35.0 Å². The van der Waals surface area contributed by atoms with Crippen molar-refractivity contribution in [3.05, 3.63) is 88.6 Å². The maximum absolute atomic E-state index is 13.1. The molecule has 204 valence electrons. The Morgan fingerprint density at radius 1 is 1.00 bits per heavy atom. The molecule has 1 atom stereocenters. The molecule has 1 aromatic heterocycles. The van der Waals surface area contributed by atoms with Gasteiger partial charge in [0.25, 0.3) is 0 Å². The molecule has 0 aliphatic rings. The number of ketones is 1. The number of halogens is 4. The molecule has 39 heavy (non-hydrogen) atoms. The lowest BCUT2D eigenvalue weighted by atomic mass is 9.95. The van der Waals surface area contributed by atoms with Gasteiger partial charge in [0.15, 0.2) is 5.78 Å². The molecular formula is C30H28ClF3N2O3. The van der Waals surface area contributed by atoms with E-state index in [1.165, 1.54) is 6.07 Å². The van der Waals surface area contributed by atoms with Crippen LogP contribution >= 0.6 is 11.6 Å². The number of carboxylic acids is 1. The molecule has 4 rings (SSSR count). The van der Waals surface area contributed by atoms with Gasteiger partial charge in [-0.15, -0.1) is 0 Å². The van der Waals surface area contributed by atoms with Gasteiger partial charge < -0.3 is 5.11 Å². The molecule has 3 aromatic carbocycles. The summed E-state index contributed by atoms with van der Waals surface area (Å²) in [6.45, 7) is 4.23. The minimum absolute atomic E-state index is 0.0202. The van der Waals surface area contributed by atoms with Crippen molar-refractivity contribution in [1.29, 1.82) is 0 Å². The number of carbonyl (C=O) groups excluding carboxylic acids is 1. The van der Waals surface area contributed by atoms with E-state index in [0.717, 1.165) is 35.0 Å². The number of nitrogens with zero attached hydrogens (tertiary/aromatic N) is 2. The Hall–Kier alpha value is -3.65. The van der Waals surface area contributed by atoms with Gasteiger partial charge in [0.2, 0.25) is 0 Å². The maximum atomic E-state index is 13.1. The molecule has 5 nitrogen and oxygen atoms in total. The van der Waals surface area contributed by atoms with Crippen LogP contribution in [0.3, 0.4) is 0 Å². The first-order valence-electron chi connectivity index (χ1n) is 12.6. The van der Waals surface area contributed by atoms with E-state index >= 15 is 0 Å². The van der Waals surface area contributed by atoms with Gasteiger partial charge in [-0.2, -0.15) is 18.3 Å². The summed E-state index contributed by atoms with van der Waals surface area (Å²) in [5.74, 6) is -0.672. The summed E-state index contributed by atoms with van der Waals surface area (Å²) >= 11 is 6.22. The lowest BCUT2D eigenvalue weighted by Crippen LogP contribution is -2.15. The van der Waals surface area contributed by atoms with E-state index in [0.29, 0.717) is 29.0 Å². The largest absolute Gasteiger partial charge is 0.481 e. The molecule has 0 spiro atoms. The fourth-order valence-corrected chi connectivity index (χ4v) is 4.94. The highest BCUT2D eigenvalue weighted by Crippen LogP contribution is 2.37. The average molecular weight is 557 g/mol. The topological polar surface area (TPSA) is 72.2 Å². The molecule has 9 heteroatoms. The number of alkyl halides is 3. The molecule has 4 aromatic rings. The first-order chi connectivity index (χ1) is 18.4. The van der Waals surface area contributed by atoms with Crippen LogP contribution in [-0.2, 0) is 11.0 Å². The third-order valence-electron chi connectivity index (χ3n) is 6.60. The summed E-state index contributed by atoms with van der Waals surface area (Å²) in [7, 11) is 0. The lowest BCUT2D eigenvalue weighted by molar-refractivity contribution is -0.138. The van der Waals surface area contributed by atoms with Gasteiger partial charge in [0, 0.05) is 34.4 Å². The predicted molar refractivity (Wildman–Crippen MR) is 145 cm³/mol. The van der Waals surface area contributed by atoms with Crippen molar-refractivity contribution in [2.75, 3.05) is 0 Å². The highest BCUT2D eigenvalue weighted by Gasteiger charge is 2.31. The number of fused-ring (bicyclic) bond motifs is 1. The van der Waals surface area contributed by atoms with Crippen LogP contribution in [0.25, 0.3) is 22.0 Å². The molecule has 1 unspecified atom stereocenters. The molecule has 0 aliphatic heterocycles. The van der Waals surface area contributed by atoms with Crippen molar-refractivity contribution in [3.8, 4) is 11.1 Å². The van der Waals surface area contributed by atoms with E-state index in [4.69, 9.17) is 16.7 Å². The fourth-order valence-electron chi connectivity index (χ4n) is 4.65. The Balaban J connectivity index is 1.62. The second-order valence-electron chi connectivity index (χ2n) is 9.99. The number of hydrogen-bond donors (Lipinski definition) is 1. The second-order valence-corrected chi connectivity index (χ2v) is 10.4. The minimum atomic E-state index is -4.47. The van der Waals surface area contributed by atoms with Gasteiger partial charge in [-0.05, 0) is 54.2 Å². The standard InChI is InChI=1S/C30H28ClF3N2O3/c1-18(2)14-27(19-6-8-20(9-7-19)28(37)4-3-5-29(38)39)36-26-13-10-21(15-22(26)17-35-36)24-12-11-23(16-25(24)31)30(32,33)34/h6-13,15-18,27H,3-5,14H2,1-2H3,(H,38,39). The van der Waals surface area contributed by atoms with Gasteiger partial charge in [0.1, 0.15) is 0 Å². The molecule has 0 bridgehead atoms. The molecule has 0 radical (unpaired) electrons. The number of carbonyl (C=O) groups is 2. The number of aromatic nitrogens is 2. The smallest absolute Gasteiger partial charge is 0.416 e. The summed E-state index contributed by atoms with van der Waals surface area (Å²) in [6.07, 6.45) is -1.52. The van der Waals surface area contributed by atoms with Crippen LogP contribution in [0.5, 0.6) is 0 Å². The number of Topliss-reactive ketones (excluding diaryl/α,β-unsaturated/α-hetero) is 1. The van der Waals surface area contributed by atoms with Crippen molar-refractivity contribution in [2.45, 2.75) is 51.7 Å². The number of carboxylic acid groups (broad SMARTS) is 1. The van der Waals surface area contributed by atoms with Gasteiger partial charge in [-0.1, -0.05) is 61.8 Å². The molecular weight excluding hydrogens is 529 g/mol. The van der Waals surface area contributed by atoms with Crippen molar-refractivity contribution in [1.82, 2.24) is 9.78 Å². The number of hydrogen-bond acceptors (Lipinski definition) is 3. The Morgan fingerprint density at radius 2 is 1.72 bits per heavy atom. The number of benzene rings is 3. The first-order valence-corrected chi connectivity index (χ1v) is 13.0. The SMILES string of the molecule is CC(C)CC(c1ccc(C(=O)CCCC(=O)O)cc1)n1ncc2cc(-c3ccc(C(F)(F)F)cc3Cl)ccc21. The first kappa shape index (κ1) is 28.4. The molecule has 1 N–H and O–H groups in total.